The maximum Gasteiger partial charge on any atom is 0.0790 e. The molecule has 1 N–H and O–H groups in total. The van der Waals surface area contributed by atoms with Crippen LogP contribution in [0.1, 0.15) is 63.5 Å². The molecule has 1 atom stereocenters. The van der Waals surface area contributed by atoms with E-state index < -0.39 is 0 Å². The molecule has 1 nitrogen and oxygen atoms in total. The van der Waals surface area contributed by atoms with Gasteiger partial charge in [0.2, 0.25) is 0 Å². The monoisotopic (exact) mass is 376 g/mol. The molecule has 1 unspecified atom stereocenters. The quantitative estimate of drug-likeness (QED) is 0.551. The van der Waals surface area contributed by atoms with Gasteiger partial charge in [0.1, 0.15) is 0 Å². The van der Waals surface area contributed by atoms with Crippen LogP contribution in [0.2, 0.25) is 0 Å². The summed E-state index contributed by atoms with van der Waals surface area (Å²) in [6.07, 6.45) is 8.09. The summed E-state index contributed by atoms with van der Waals surface area (Å²) in [5.74, 6) is 0. The van der Waals surface area contributed by atoms with E-state index in [9.17, 15) is 5.11 Å². The van der Waals surface area contributed by atoms with Crippen molar-refractivity contribution in [2.24, 2.45) is 0 Å². The average molecular weight is 378 g/mol. The van der Waals surface area contributed by atoms with Crippen LogP contribution in [0, 0.1) is 0 Å². The van der Waals surface area contributed by atoms with Gasteiger partial charge in [0.05, 0.1) is 6.10 Å². The molecule has 0 fully saturated rings. The van der Waals surface area contributed by atoms with Crippen molar-refractivity contribution < 1.29 is 5.11 Å². The molecule has 0 saturated heterocycles. The summed E-state index contributed by atoms with van der Waals surface area (Å²) >= 11 is 6.90. The van der Waals surface area contributed by atoms with Gasteiger partial charge in [0.15, 0.2) is 0 Å². The number of halogens is 2. The van der Waals surface area contributed by atoms with Crippen LogP contribution < -0.4 is 0 Å². The highest BCUT2D eigenvalue weighted by Gasteiger charge is 2.08. The van der Waals surface area contributed by atoms with E-state index >= 15 is 0 Å². The van der Waals surface area contributed by atoms with Crippen LogP contribution in [-0.4, -0.2) is 5.11 Å². The number of aliphatic hydroxyl groups excluding tert-OH is 1. The molecule has 1 aromatic rings. The topological polar surface area (TPSA) is 20.2 Å². The van der Waals surface area contributed by atoms with Crippen molar-refractivity contribution in [3.63, 3.8) is 0 Å². The molecule has 18 heavy (non-hydrogen) atoms. The lowest BCUT2D eigenvalue weighted by atomic mass is 10.0. The van der Waals surface area contributed by atoms with E-state index in [-0.39, 0.29) is 6.10 Å². The van der Waals surface area contributed by atoms with Gasteiger partial charge in [0, 0.05) is 8.95 Å². The van der Waals surface area contributed by atoms with Gasteiger partial charge in [-0.3, -0.25) is 0 Å². The van der Waals surface area contributed by atoms with Crippen LogP contribution in [0.3, 0.4) is 0 Å². The molecule has 0 aromatic heterocycles. The first-order valence-electron chi connectivity index (χ1n) is 6.77. The Balaban J connectivity index is 2.29. The van der Waals surface area contributed by atoms with Crippen LogP contribution in [-0.2, 0) is 0 Å². The second-order valence-electron chi connectivity index (χ2n) is 4.78. The maximum atomic E-state index is 10.1. The minimum atomic E-state index is -0.343. The molecule has 3 heteroatoms. The van der Waals surface area contributed by atoms with Gasteiger partial charge >= 0.3 is 0 Å². The minimum Gasteiger partial charge on any atom is -0.388 e. The number of hydrogen-bond acceptors (Lipinski definition) is 1. The average Bonchev–Trinajstić information content (AvgIpc) is 2.32. The minimum absolute atomic E-state index is 0.343. The molecule has 1 aromatic carbocycles. The molecule has 0 spiro atoms. The van der Waals surface area contributed by atoms with Crippen LogP contribution in [0.4, 0.5) is 0 Å². The van der Waals surface area contributed by atoms with E-state index in [0.717, 1.165) is 27.4 Å². The predicted octanol–water partition coefficient (Wildman–Crippen LogP) is 6.00. The number of hydrogen-bond donors (Lipinski definition) is 1. The SMILES string of the molecule is CCCCCCCCC(O)c1cc(Br)cc(Br)c1. The van der Waals surface area contributed by atoms with Gasteiger partial charge in [-0.1, -0.05) is 77.3 Å². The van der Waals surface area contributed by atoms with Crippen LogP contribution in [0.5, 0.6) is 0 Å². The van der Waals surface area contributed by atoms with Crippen molar-refractivity contribution in [1.82, 2.24) is 0 Å². The summed E-state index contributed by atoms with van der Waals surface area (Å²) in [5, 5.41) is 10.1. The molecule has 0 heterocycles. The standard InChI is InChI=1S/C15H22Br2O/c1-2-3-4-5-6-7-8-15(18)12-9-13(16)11-14(17)10-12/h9-11,15,18H,2-8H2,1H3. The van der Waals surface area contributed by atoms with Gasteiger partial charge in [-0.25, -0.2) is 0 Å². The van der Waals surface area contributed by atoms with Crippen LogP contribution >= 0.6 is 31.9 Å². The van der Waals surface area contributed by atoms with Gasteiger partial charge < -0.3 is 5.11 Å². The zero-order valence-electron chi connectivity index (χ0n) is 11.0. The number of benzene rings is 1. The van der Waals surface area contributed by atoms with E-state index in [1.807, 2.05) is 18.2 Å². The molecule has 0 aliphatic heterocycles. The largest absolute Gasteiger partial charge is 0.388 e. The molecule has 0 radical (unpaired) electrons. The first kappa shape index (κ1) is 16.2. The lowest BCUT2D eigenvalue weighted by Gasteiger charge is -2.12. The third-order valence-corrected chi connectivity index (χ3v) is 4.02. The summed E-state index contributed by atoms with van der Waals surface area (Å²) in [5.41, 5.74) is 0.991. The Morgan fingerprint density at radius 1 is 0.944 bits per heavy atom. The van der Waals surface area contributed by atoms with E-state index in [4.69, 9.17) is 0 Å². The summed E-state index contributed by atoms with van der Waals surface area (Å²) in [6.45, 7) is 2.23. The number of unbranched alkanes of at least 4 members (excludes halogenated alkanes) is 5. The first-order valence-corrected chi connectivity index (χ1v) is 8.36. The van der Waals surface area contributed by atoms with E-state index in [1.54, 1.807) is 0 Å². The predicted molar refractivity (Wildman–Crippen MR) is 84.8 cm³/mol. The fourth-order valence-corrected chi connectivity index (χ4v) is 3.38. The summed E-state index contributed by atoms with van der Waals surface area (Å²) < 4.78 is 2.02. The smallest absolute Gasteiger partial charge is 0.0790 e. The Morgan fingerprint density at radius 2 is 1.50 bits per heavy atom. The Hall–Kier alpha value is 0.140. The Labute approximate surface area is 127 Å². The molecule has 0 aliphatic rings. The van der Waals surface area contributed by atoms with E-state index in [2.05, 4.69) is 38.8 Å². The van der Waals surface area contributed by atoms with Crippen molar-refractivity contribution >= 4 is 31.9 Å². The van der Waals surface area contributed by atoms with Gasteiger partial charge in [0.25, 0.3) is 0 Å². The molecule has 0 aliphatic carbocycles. The fraction of sp³-hybridized carbons (Fsp3) is 0.600. The lowest BCUT2D eigenvalue weighted by Crippen LogP contribution is -1.97. The highest BCUT2D eigenvalue weighted by atomic mass is 79.9. The van der Waals surface area contributed by atoms with Gasteiger partial charge in [-0.2, -0.15) is 0 Å². The van der Waals surface area contributed by atoms with Crippen molar-refractivity contribution in [3.8, 4) is 0 Å². The molecule has 0 saturated carbocycles. The number of rotatable bonds is 8. The highest BCUT2D eigenvalue weighted by Crippen LogP contribution is 2.27. The van der Waals surface area contributed by atoms with Crippen molar-refractivity contribution in [2.45, 2.75) is 58.0 Å². The molecular formula is C15H22Br2O. The maximum absolute atomic E-state index is 10.1. The third kappa shape index (κ3) is 6.35. The third-order valence-electron chi connectivity index (χ3n) is 3.10. The first-order chi connectivity index (χ1) is 8.63. The zero-order chi connectivity index (χ0) is 13.4. The van der Waals surface area contributed by atoms with Crippen molar-refractivity contribution in [3.05, 3.63) is 32.7 Å². The second-order valence-corrected chi connectivity index (χ2v) is 6.61. The lowest BCUT2D eigenvalue weighted by molar-refractivity contribution is 0.163. The van der Waals surface area contributed by atoms with E-state index in [0.29, 0.717) is 0 Å². The van der Waals surface area contributed by atoms with Gasteiger partial charge in [-0.05, 0) is 30.2 Å². The Morgan fingerprint density at radius 3 is 2.11 bits per heavy atom. The normalized spacial score (nSPS) is 12.7. The number of aliphatic hydroxyl groups is 1. The van der Waals surface area contributed by atoms with Crippen molar-refractivity contribution in [1.29, 1.82) is 0 Å². The fourth-order valence-electron chi connectivity index (χ4n) is 2.05. The summed E-state index contributed by atoms with van der Waals surface area (Å²) in [4.78, 5) is 0. The second kappa shape index (κ2) is 9.11. The molecule has 1 rings (SSSR count). The van der Waals surface area contributed by atoms with E-state index in [1.165, 1.54) is 32.1 Å². The van der Waals surface area contributed by atoms with Gasteiger partial charge in [-0.15, -0.1) is 0 Å². The Bertz CT molecular complexity index is 332. The zero-order valence-corrected chi connectivity index (χ0v) is 14.1. The Kier molecular flexibility index (Phi) is 8.20. The van der Waals surface area contributed by atoms with Crippen LogP contribution in [0.15, 0.2) is 27.1 Å². The molecule has 102 valence electrons. The van der Waals surface area contributed by atoms with Crippen molar-refractivity contribution in [2.75, 3.05) is 0 Å². The highest BCUT2D eigenvalue weighted by molar-refractivity contribution is 9.11. The van der Waals surface area contributed by atoms with Crippen LogP contribution in [0.25, 0.3) is 0 Å². The molecule has 0 amide bonds. The molecule has 0 bridgehead atoms. The summed E-state index contributed by atoms with van der Waals surface area (Å²) in [6, 6.07) is 5.97. The molecular weight excluding hydrogens is 356 g/mol. The summed E-state index contributed by atoms with van der Waals surface area (Å²) in [7, 11) is 0.